The molecule has 0 bridgehead atoms. The Balaban J connectivity index is 1.65. The molecule has 0 radical (unpaired) electrons. The highest BCUT2D eigenvalue weighted by atomic mass is 16.5. The summed E-state index contributed by atoms with van der Waals surface area (Å²) in [4.78, 5) is 39.4. The van der Waals surface area contributed by atoms with Crippen LogP contribution in [0.1, 0.15) is 60.2 Å². The number of hydrogen-bond donors (Lipinski definition) is 1. The molecule has 1 fully saturated rings. The fraction of sp³-hybridized carbons (Fsp3) is 0.400. The van der Waals surface area contributed by atoms with Crippen molar-refractivity contribution in [3.63, 3.8) is 0 Å². The van der Waals surface area contributed by atoms with Gasteiger partial charge < -0.3 is 19.7 Å². The van der Waals surface area contributed by atoms with Crippen molar-refractivity contribution in [2.24, 2.45) is 0 Å². The van der Waals surface area contributed by atoms with Gasteiger partial charge in [0, 0.05) is 18.8 Å². The highest BCUT2D eigenvalue weighted by molar-refractivity contribution is 6.06. The first-order valence-electron chi connectivity index (χ1n) is 11.1. The first kappa shape index (κ1) is 23.3. The van der Waals surface area contributed by atoms with E-state index in [9.17, 15) is 14.4 Å². The molecule has 1 heterocycles. The second kappa shape index (κ2) is 11.3. The van der Waals surface area contributed by atoms with E-state index in [0.717, 1.165) is 38.8 Å². The first-order valence-corrected chi connectivity index (χ1v) is 11.1. The van der Waals surface area contributed by atoms with Crippen LogP contribution >= 0.6 is 0 Å². The Morgan fingerprint density at radius 2 is 1.69 bits per heavy atom. The lowest BCUT2D eigenvalue weighted by Crippen LogP contribution is -2.35. The van der Waals surface area contributed by atoms with E-state index < -0.39 is 11.9 Å². The summed E-state index contributed by atoms with van der Waals surface area (Å²) in [5.74, 6) is -0.578. The monoisotopic (exact) mass is 438 g/mol. The van der Waals surface area contributed by atoms with E-state index in [1.807, 2.05) is 4.90 Å². The third-order valence-electron chi connectivity index (χ3n) is 5.14. The van der Waals surface area contributed by atoms with Crippen LogP contribution in [0.5, 0.6) is 5.75 Å². The number of ether oxygens (including phenoxy) is 2. The molecule has 0 atom stereocenters. The van der Waals surface area contributed by atoms with Crippen molar-refractivity contribution in [3.05, 3.63) is 59.7 Å². The minimum atomic E-state index is -0.452. The van der Waals surface area contributed by atoms with Gasteiger partial charge in [0.2, 0.25) is 0 Å². The zero-order valence-corrected chi connectivity index (χ0v) is 18.6. The van der Waals surface area contributed by atoms with Crippen molar-refractivity contribution >= 4 is 23.5 Å². The zero-order valence-electron chi connectivity index (χ0n) is 18.6. The van der Waals surface area contributed by atoms with Gasteiger partial charge in [0.25, 0.3) is 11.8 Å². The van der Waals surface area contributed by atoms with Gasteiger partial charge in [0.05, 0.1) is 17.2 Å². The van der Waals surface area contributed by atoms with Crippen LogP contribution < -0.4 is 10.1 Å². The number of benzene rings is 2. The Morgan fingerprint density at radius 3 is 2.41 bits per heavy atom. The highest BCUT2D eigenvalue weighted by Crippen LogP contribution is 2.21. The third kappa shape index (κ3) is 6.57. The summed E-state index contributed by atoms with van der Waals surface area (Å²) < 4.78 is 10.9. The van der Waals surface area contributed by atoms with Crippen LogP contribution in [0.3, 0.4) is 0 Å². The molecule has 2 amide bonds. The van der Waals surface area contributed by atoms with Gasteiger partial charge in [-0.25, -0.2) is 4.79 Å². The van der Waals surface area contributed by atoms with Gasteiger partial charge >= 0.3 is 5.97 Å². The van der Waals surface area contributed by atoms with Crippen LogP contribution in [0, 0.1) is 0 Å². The normalized spacial score (nSPS) is 13.9. The first-order chi connectivity index (χ1) is 15.4. The molecular weight excluding hydrogens is 408 g/mol. The molecule has 0 unspecified atom stereocenters. The van der Waals surface area contributed by atoms with E-state index in [2.05, 4.69) is 5.32 Å². The maximum Gasteiger partial charge on any atom is 0.338 e. The van der Waals surface area contributed by atoms with Crippen LogP contribution in [0.15, 0.2) is 48.5 Å². The number of amides is 2. The molecule has 7 heteroatoms. The van der Waals surface area contributed by atoms with E-state index in [1.165, 1.54) is 0 Å². The molecule has 1 saturated heterocycles. The van der Waals surface area contributed by atoms with Gasteiger partial charge in [-0.3, -0.25) is 9.59 Å². The van der Waals surface area contributed by atoms with Gasteiger partial charge in [-0.15, -0.1) is 0 Å². The number of likely N-dealkylation sites (tertiary alicyclic amines) is 1. The molecule has 0 spiro atoms. The minimum Gasteiger partial charge on any atom is -0.483 e. The minimum absolute atomic E-state index is 0.0709. The molecule has 0 aliphatic carbocycles. The molecule has 32 heavy (non-hydrogen) atoms. The Bertz CT molecular complexity index is 949. The summed E-state index contributed by atoms with van der Waals surface area (Å²) in [7, 11) is 0. The molecule has 1 N–H and O–H groups in total. The van der Waals surface area contributed by atoms with E-state index in [-0.39, 0.29) is 18.6 Å². The summed E-state index contributed by atoms with van der Waals surface area (Å²) >= 11 is 0. The van der Waals surface area contributed by atoms with Gasteiger partial charge in [0.1, 0.15) is 5.75 Å². The molecule has 0 saturated carbocycles. The Hall–Kier alpha value is -3.35. The molecular formula is C25H30N2O5. The summed E-state index contributed by atoms with van der Waals surface area (Å²) in [6.07, 6.45) is 4.07. The van der Waals surface area contributed by atoms with Crippen LogP contribution in [-0.4, -0.2) is 48.5 Å². The van der Waals surface area contributed by atoms with Crippen LogP contribution in [0.4, 0.5) is 5.69 Å². The smallest absolute Gasteiger partial charge is 0.338 e. The molecule has 7 nitrogen and oxygen atoms in total. The number of esters is 1. The number of carbonyl (C=O) groups excluding carboxylic acids is 3. The lowest BCUT2D eigenvalue weighted by molar-refractivity contribution is -0.133. The SMILES string of the molecule is CC(C)OC(=O)c1cccc(NC(=O)c2ccccc2OCC(=O)N2CCCCCC2)c1. The predicted octanol–water partition coefficient (Wildman–Crippen LogP) is 4.29. The van der Waals surface area contributed by atoms with Crippen LogP contribution in [-0.2, 0) is 9.53 Å². The zero-order chi connectivity index (χ0) is 22.9. The number of para-hydroxylation sites is 1. The van der Waals surface area contributed by atoms with Gasteiger partial charge in [-0.2, -0.15) is 0 Å². The Morgan fingerprint density at radius 1 is 0.969 bits per heavy atom. The number of nitrogens with one attached hydrogen (secondary N) is 1. The molecule has 3 rings (SSSR count). The summed E-state index contributed by atoms with van der Waals surface area (Å²) in [6, 6.07) is 13.4. The van der Waals surface area contributed by atoms with Crippen molar-refractivity contribution in [1.29, 1.82) is 0 Å². The summed E-state index contributed by atoms with van der Waals surface area (Å²) in [6.45, 7) is 4.94. The van der Waals surface area contributed by atoms with Crippen LogP contribution in [0.2, 0.25) is 0 Å². The Kier molecular flexibility index (Phi) is 8.25. The standard InChI is InChI=1S/C25H30N2O5/c1-18(2)32-25(30)19-10-9-11-20(16-19)26-24(29)21-12-5-6-13-22(21)31-17-23(28)27-14-7-3-4-8-15-27/h5-6,9-13,16,18H,3-4,7-8,14-15,17H2,1-2H3,(H,26,29). The van der Waals surface area contributed by atoms with Crippen molar-refractivity contribution in [1.82, 2.24) is 4.90 Å². The molecule has 0 aromatic heterocycles. The second-order valence-electron chi connectivity index (χ2n) is 8.07. The van der Waals surface area contributed by atoms with Crippen molar-refractivity contribution < 1.29 is 23.9 Å². The average molecular weight is 439 g/mol. The number of carbonyl (C=O) groups is 3. The van der Waals surface area contributed by atoms with Gasteiger partial charge in [0.15, 0.2) is 6.61 Å². The van der Waals surface area contributed by atoms with Gasteiger partial charge in [-0.1, -0.05) is 31.0 Å². The van der Waals surface area contributed by atoms with Crippen molar-refractivity contribution in [3.8, 4) is 5.75 Å². The molecule has 2 aromatic rings. The number of anilines is 1. The van der Waals surface area contributed by atoms with Crippen molar-refractivity contribution in [2.45, 2.75) is 45.6 Å². The molecule has 1 aliphatic rings. The predicted molar refractivity (Wildman–Crippen MR) is 122 cm³/mol. The molecule has 1 aliphatic heterocycles. The van der Waals surface area contributed by atoms with E-state index in [1.54, 1.807) is 62.4 Å². The molecule has 2 aromatic carbocycles. The quantitative estimate of drug-likeness (QED) is 0.652. The number of nitrogens with zero attached hydrogens (tertiary/aromatic N) is 1. The highest BCUT2D eigenvalue weighted by Gasteiger charge is 2.18. The van der Waals surface area contributed by atoms with E-state index >= 15 is 0 Å². The lowest BCUT2D eigenvalue weighted by atomic mass is 10.1. The largest absolute Gasteiger partial charge is 0.483 e. The van der Waals surface area contributed by atoms with Gasteiger partial charge in [-0.05, 0) is 57.0 Å². The fourth-order valence-corrected chi connectivity index (χ4v) is 3.54. The van der Waals surface area contributed by atoms with E-state index in [4.69, 9.17) is 9.47 Å². The lowest BCUT2D eigenvalue weighted by Gasteiger charge is -2.20. The molecule has 170 valence electrons. The number of hydrogen-bond acceptors (Lipinski definition) is 5. The van der Waals surface area contributed by atoms with Crippen LogP contribution in [0.25, 0.3) is 0 Å². The Labute approximate surface area is 188 Å². The van der Waals surface area contributed by atoms with E-state index in [0.29, 0.717) is 22.6 Å². The van der Waals surface area contributed by atoms with Crippen molar-refractivity contribution in [2.75, 3.05) is 25.0 Å². The average Bonchev–Trinajstić information content (AvgIpc) is 3.07. The maximum atomic E-state index is 12.9. The summed E-state index contributed by atoms with van der Waals surface area (Å²) in [5.41, 5.74) is 1.12. The number of rotatable bonds is 7. The maximum absolute atomic E-state index is 12.9. The topological polar surface area (TPSA) is 84.9 Å². The second-order valence-corrected chi connectivity index (χ2v) is 8.07. The summed E-state index contributed by atoms with van der Waals surface area (Å²) in [5, 5.41) is 2.78. The fourth-order valence-electron chi connectivity index (χ4n) is 3.54. The third-order valence-corrected chi connectivity index (χ3v) is 5.14.